The second-order valence-electron chi connectivity index (χ2n) is 10.6. The number of ether oxygens (including phenoxy) is 1. The molecule has 4 aromatic heterocycles. The van der Waals surface area contributed by atoms with Crippen molar-refractivity contribution in [2.45, 2.75) is 38.1 Å². The molecule has 13 nitrogen and oxygen atoms in total. The molecular weight excluding hydrogens is 606 g/mol. The fraction of sp³-hybridized carbons (Fsp3) is 0.310. The van der Waals surface area contributed by atoms with Gasteiger partial charge in [0, 0.05) is 47.1 Å². The Hall–Kier alpha value is -4.69. The summed E-state index contributed by atoms with van der Waals surface area (Å²) in [7, 11) is 0. The minimum atomic E-state index is -0.535. The first-order valence-corrected chi connectivity index (χ1v) is 15.4. The van der Waals surface area contributed by atoms with E-state index >= 15 is 0 Å². The number of aromatic amines is 1. The number of fused-ring (bicyclic) bond motifs is 1. The maximum atomic E-state index is 13.5. The molecule has 1 fully saturated rings. The lowest BCUT2D eigenvalue weighted by Gasteiger charge is -2.26. The molecule has 1 saturated heterocycles. The average Bonchev–Trinajstić information content (AvgIpc) is 3.86. The third-order valence-corrected chi connectivity index (χ3v) is 9.01. The molecule has 0 unspecified atom stereocenters. The van der Waals surface area contributed by atoms with E-state index in [0.717, 1.165) is 24.8 Å². The minimum Gasteiger partial charge on any atom is -0.451 e. The number of likely N-dealkylation sites (tertiary alicyclic amines) is 1. The van der Waals surface area contributed by atoms with Crippen LogP contribution >= 0.6 is 22.9 Å². The van der Waals surface area contributed by atoms with Gasteiger partial charge in [-0.1, -0.05) is 11.6 Å². The van der Waals surface area contributed by atoms with Crippen LogP contribution < -0.4 is 5.56 Å². The number of nitrogens with zero attached hydrogens (tertiary/aromatic N) is 8. The number of aromatic nitrogens is 8. The predicted octanol–water partition coefficient (Wildman–Crippen LogP) is 3.70. The van der Waals surface area contributed by atoms with E-state index in [1.165, 1.54) is 28.4 Å². The van der Waals surface area contributed by atoms with Gasteiger partial charge in [0.1, 0.15) is 22.9 Å². The second-order valence-corrected chi connectivity index (χ2v) is 12.0. The second kappa shape index (κ2) is 11.8. The fourth-order valence-electron chi connectivity index (χ4n) is 5.70. The summed E-state index contributed by atoms with van der Waals surface area (Å²) in [5, 5.41) is 13.7. The van der Waals surface area contributed by atoms with Crippen molar-refractivity contribution in [3.8, 4) is 28.2 Å². The van der Waals surface area contributed by atoms with Gasteiger partial charge >= 0.3 is 5.97 Å². The number of aryl methyl sites for hydroxylation is 1. The number of thiophene rings is 1. The number of hydrogen-bond acceptors (Lipinski definition) is 10. The first-order chi connectivity index (χ1) is 21.4. The van der Waals surface area contributed by atoms with Crippen LogP contribution in [0.3, 0.4) is 0 Å². The molecule has 2 aliphatic heterocycles. The Bertz CT molecular complexity index is 1910. The number of carbonyl (C=O) groups excluding carboxylic acids is 2. The number of carbonyl (C=O) groups is 2. The molecule has 15 heteroatoms. The summed E-state index contributed by atoms with van der Waals surface area (Å²) >= 11 is 7.53. The van der Waals surface area contributed by atoms with Crippen LogP contribution in [0.5, 0.6) is 0 Å². The van der Waals surface area contributed by atoms with Gasteiger partial charge in [-0.2, -0.15) is 4.68 Å². The first kappa shape index (κ1) is 28.1. The Morgan fingerprint density at radius 2 is 2.00 bits per heavy atom. The van der Waals surface area contributed by atoms with Gasteiger partial charge < -0.3 is 14.6 Å². The number of rotatable bonds is 7. The normalized spacial score (nSPS) is 16.2. The maximum Gasteiger partial charge on any atom is 0.348 e. The number of H-pyrrole nitrogens is 1. The third-order valence-electron chi connectivity index (χ3n) is 7.87. The zero-order valence-electron chi connectivity index (χ0n) is 23.3. The van der Waals surface area contributed by atoms with Crippen molar-refractivity contribution in [2.24, 2.45) is 0 Å². The summed E-state index contributed by atoms with van der Waals surface area (Å²) < 4.78 is 8.45. The largest absolute Gasteiger partial charge is 0.451 e. The molecule has 44 heavy (non-hydrogen) atoms. The molecule has 6 heterocycles. The van der Waals surface area contributed by atoms with Gasteiger partial charge in [-0.3, -0.25) is 14.2 Å². The van der Waals surface area contributed by atoms with Gasteiger partial charge in [-0.15, -0.1) is 16.4 Å². The molecule has 0 saturated carbocycles. The smallest absolute Gasteiger partial charge is 0.348 e. The lowest BCUT2D eigenvalue weighted by Crippen LogP contribution is -2.38. The number of nitrogens with one attached hydrogen (secondary N) is 1. The van der Waals surface area contributed by atoms with E-state index in [-0.39, 0.29) is 24.1 Å². The van der Waals surface area contributed by atoms with Crippen LogP contribution in [-0.4, -0.2) is 76.2 Å². The van der Waals surface area contributed by atoms with E-state index < -0.39 is 5.97 Å². The molecule has 2 aliphatic rings. The number of piperidine rings is 1. The average molecular weight is 632 g/mol. The van der Waals surface area contributed by atoms with Crippen LogP contribution in [0, 0.1) is 0 Å². The van der Waals surface area contributed by atoms with Crippen LogP contribution in [-0.2, 0) is 16.0 Å². The fourth-order valence-corrected chi connectivity index (χ4v) is 6.67. The molecule has 1 amide bonds. The van der Waals surface area contributed by atoms with Crippen molar-refractivity contribution in [1.82, 2.24) is 44.6 Å². The zero-order valence-corrected chi connectivity index (χ0v) is 24.9. The number of halogens is 1. The minimum absolute atomic E-state index is 0.165. The van der Waals surface area contributed by atoms with Gasteiger partial charge in [0.2, 0.25) is 0 Å². The number of benzene rings is 1. The molecule has 0 bridgehead atoms. The molecule has 224 valence electrons. The number of hydrogen-bond donors (Lipinski definition) is 1. The predicted molar refractivity (Wildman–Crippen MR) is 161 cm³/mol. The Morgan fingerprint density at radius 3 is 2.82 bits per heavy atom. The summed E-state index contributed by atoms with van der Waals surface area (Å²) in [4.78, 5) is 53.3. The highest BCUT2D eigenvalue weighted by Crippen LogP contribution is 2.33. The zero-order chi connectivity index (χ0) is 30.2. The van der Waals surface area contributed by atoms with Crippen LogP contribution in [0.1, 0.15) is 53.0 Å². The van der Waals surface area contributed by atoms with Gasteiger partial charge in [-0.25, -0.2) is 14.8 Å². The van der Waals surface area contributed by atoms with Crippen LogP contribution in [0.15, 0.2) is 53.0 Å². The number of esters is 1. The molecule has 0 radical (unpaired) electrons. The molecule has 5 aromatic rings. The molecule has 7 rings (SSSR count). The van der Waals surface area contributed by atoms with Crippen molar-refractivity contribution in [1.29, 1.82) is 0 Å². The number of imidazole rings is 1. The highest BCUT2D eigenvalue weighted by atomic mass is 35.5. The Morgan fingerprint density at radius 1 is 1.14 bits per heavy atom. The SMILES string of the molecule is O=C(OCC(=O)N1CCCCC1)c1cc(-c2cnc([C@@H]3CCc4nc(-c5cc(Cl)ccc5-n5cnnn5)cc(=O)n43)[nH]2)cs1. The maximum absolute atomic E-state index is 13.5. The molecule has 1 aromatic carbocycles. The number of amides is 1. The summed E-state index contributed by atoms with van der Waals surface area (Å²) in [6.07, 6.45) is 7.44. The summed E-state index contributed by atoms with van der Waals surface area (Å²) in [6, 6.07) is 8.11. The molecule has 0 aliphatic carbocycles. The van der Waals surface area contributed by atoms with E-state index in [2.05, 4.69) is 25.5 Å². The quantitative estimate of drug-likeness (QED) is 0.265. The lowest BCUT2D eigenvalue weighted by molar-refractivity contribution is -0.135. The summed E-state index contributed by atoms with van der Waals surface area (Å²) in [5.74, 6) is 0.558. The van der Waals surface area contributed by atoms with E-state index in [4.69, 9.17) is 21.3 Å². The van der Waals surface area contributed by atoms with E-state index in [1.807, 2.05) is 5.38 Å². The highest BCUT2D eigenvalue weighted by molar-refractivity contribution is 7.12. The van der Waals surface area contributed by atoms with Crippen LogP contribution in [0.4, 0.5) is 0 Å². The van der Waals surface area contributed by atoms with Crippen LogP contribution in [0.2, 0.25) is 5.02 Å². The van der Waals surface area contributed by atoms with Gasteiger partial charge in [0.15, 0.2) is 6.61 Å². The first-order valence-electron chi connectivity index (χ1n) is 14.2. The van der Waals surface area contributed by atoms with Crippen molar-refractivity contribution >= 4 is 34.8 Å². The topological polar surface area (TPSA) is 154 Å². The van der Waals surface area contributed by atoms with E-state index in [1.54, 1.807) is 39.9 Å². The molecule has 1 N–H and O–H groups in total. The van der Waals surface area contributed by atoms with Crippen molar-refractivity contribution in [2.75, 3.05) is 19.7 Å². The van der Waals surface area contributed by atoms with E-state index in [9.17, 15) is 14.4 Å². The van der Waals surface area contributed by atoms with Crippen molar-refractivity contribution in [3.05, 3.63) is 80.1 Å². The third kappa shape index (κ3) is 5.42. The highest BCUT2D eigenvalue weighted by Gasteiger charge is 2.29. The summed E-state index contributed by atoms with van der Waals surface area (Å²) in [6.45, 7) is 1.16. The standard InChI is InChI=1S/C29H26ClN9O4S/c30-18-4-5-22(38-16-32-35-36-38)19(11-18)20-12-26(40)39-23(6-7-25(39)33-20)28-31-13-21(34-28)17-10-24(44-15-17)29(42)43-14-27(41)37-8-2-1-3-9-37/h4-5,10-13,15-16,23H,1-3,6-9,14H2,(H,31,34)/t23-/m0/s1. The summed E-state index contributed by atoms with van der Waals surface area (Å²) in [5.41, 5.74) is 3.01. The van der Waals surface area contributed by atoms with Crippen molar-refractivity contribution in [3.63, 3.8) is 0 Å². The van der Waals surface area contributed by atoms with Gasteiger partial charge in [-0.05, 0) is 60.4 Å². The lowest BCUT2D eigenvalue weighted by atomic mass is 10.1. The van der Waals surface area contributed by atoms with E-state index in [0.29, 0.717) is 70.1 Å². The molecule has 0 spiro atoms. The van der Waals surface area contributed by atoms with Crippen LogP contribution in [0.25, 0.3) is 28.2 Å². The van der Waals surface area contributed by atoms with Gasteiger partial charge in [0.25, 0.3) is 11.5 Å². The Kier molecular flexibility index (Phi) is 7.52. The Labute approximate surface area is 259 Å². The monoisotopic (exact) mass is 631 g/mol. The molecule has 1 atom stereocenters. The van der Waals surface area contributed by atoms with Gasteiger partial charge in [0.05, 0.1) is 29.3 Å². The Balaban J connectivity index is 1.08. The number of tetrazole rings is 1. The molecular formula is C29H26ClN9O4S. The van der Waals surface area contributed by atoms with Crippen molar-refractivity contribution < 1.29 is 14.3 Å².